The van der Waals surface area contributed by atoms with Crippen LogP contribution in [0.3, 0.4) is 0 Å². The summed E-state index contributed by atoms with van der Waals surface area (Å²) in [7, 11) is 0. The molecule has 5 rings (SSSR count). The van der Waals surface area contributed by atoms with Crippen molar-refractivity contribution in [3.8, 4) is 6.07 Å². The van der Waals surface area contributed by atoms with Crippen LogP contribution in [0.5, 0.6) is 0 Å². The summed E-state index contributed by atoms with van der Waals surface area (Å²) in [6, 6.07) is 20.1. The molecule has 2 fully saturated rings. The molecule has 2 saturated heterocycles. The first-order valence-electron chi connectivity index (χ1n) is 12.1. The van der Waals surface area contributed by atoms with Gasteiger partial charge in [-0.3, -0.25) is 9.69 Å². The molecule has 2 unspecified atom stereocenters. The number of urea groups is 1. The highest BCUT2D eigenvalue weighted by Crippen LogP contribution is 2.36. The number of likely N-dealkylation sites (tertiary alicyclic amines) is 1. The van der Waals surface area contributed by atoms with Gasteiger partial charge in [0, 0.05) is 18.2 Å². The molecule has 34 heavy (non-hydrogen) atoms. The number of carbonyl (C=O) groups excluding carboxylic acids is 2. The van der Waals surface area contributed by atoms with Crippen LogP contribution in [0.2, 0.25) is 0 Å². The van der Waals surface area contributed by atoms with Crippen LogP contribution < -0.4 is 10.2 Å². The standard InChI is InChI=1S/C27H29N5O2/c28-19-22-24-23(30-16-9-10-17-30)15-7-8-18-31(24)27(34)32(21-13-5-2-6-14-21)25(22)29-26(33)20-11-3-1-4-12-20/h1-6,11-14,23-24H,7-10,15-18H2,(H,29,33). The van der Waals surface area contributed by atoms with Crippen LogP contribution in [0.15, 0.2) is 72.1 Å². The lowest BCUT2D eigenvalue weighted by atomic mass is 9.92. The van der Waals surface area contributed by atoms with Gasteiger partial charge in [-0.2, -0.15) is 5.26 Å². The second-order valence-electron chi connectivity index (χ2n) is 9.09. The fourth-order valence-corrected chi connectivity index (χ4v) is 5.47. The van der Waals surface area contributed by atoms with Gasteiger partial charge in [-0.05, 0) is 63.0 Å². The van der Waals surface area contributed by atoms with Crippen molar-refractivity contribution in [3.05, 3.63) is 77.6 Å². The maximum Gasteiger partial charge on any atom is 0.330 e. The van der Waals surface area contributed by atoms with Crippen LogP contribution in [-0.2, 0) is 0 Å². The summed E-state index contributed by atoms with van der Waals surface area (Å²) >= 11 is 0. The Kier molecular flexibility index (Phi) is 6.33. The molecule has 2 atom stereocenters. The van der Waals surface area contributed by atoms with Crippen molar-refractivity contribution in [3.63, 3.8) is 0 Å². The van der Waals surface area contributed by atoms with Gasteiger partial charge in [0.05, 0.1) is 17.3 Å². The Bertz CT molecular complexity index is 1120. The minimum absolute atomic E-state index is 0.0742. The Hall–Kier alpha value is -3.63. The zero-order valence-corrected chi connectivity index (χ0v) is 19.2. The molecule has 3 heterocycles. The molecule has 3 aliphatic heterocycles. The second-order valence-corrected chi connectivity index (χ2v) is 9.09. The van der Waals surface area contributed by atoms with E-state index in [4.69, 9.17) is 0 Å². The van der Waals surface area contributed by atoms with Gasteiger partial charge in [0.2, 0.25) is 0 Å². The molecule has 0 aromatic heterocycles. The minimum atomic E-state index is -0.371. The van der Waals surface area contributed by atoms with E-state index in [0.717, 1.165) is 45.2 Å². The normalized spacial score (nSPS) is 23.3. The number of rotatable bonds is 4. The lowest BCUT2D eigenvalue weighted by molar-refractivity contribution is 0.0959. The predicted octanol–water partition coefficient (Wildman–Crippen LogP) is 4.11. The van der Waals surface area contributed by atoms with Crippen LogP contribution in [0.4, 0.5) is 10.5 Å². The van der Waals surface area contributed by atoms with Gasteiger partial charge in [0.25, 0.3) is 5.91 Å². The SMILES string of the molecule is N#CC1=C(NC(=O)c2ccccc2)N(c2ccccc2)C(=O)N2CCCCC(N3CCCC3)C12. The van der Waals surface area contributed by atoms with E-state index in [1.54, 1.807) is 24.3 Å². The zero-order chi connectivity index (χ0) is 23.5. The molecule has 0 radical (unpaired) electrons. The second kappa shape index (κ2) is 9.70. The first kappa shape index (κ1) is 22.2. The Morgan fingerprint density at radius 1 is 0.912 bits per heavy atom. The van der Waals surface area contributed by atoms with Gasteiger partial charge >= 0.3 is 6.03 Å². The summed E-state index contributed by atoms with van der Waals surface area (Å²) < 4.78 is 0. The Balaban J connectivity index is 1.64. The summed E-state index contributed by atoms with van der Waals surface area (Å²) in [5, 5.41) is 13.4. The molecule has 0 spiro atoms. The third-order valence-corrected chi connectivity index (χ3v) is 7.07. The minimum Gasteiger partial charge on any atom is -0.315 e. The van der Waals surface area contributed by atoms with E-state index in [0.29, 0.717) is 23.4 Å². The number of amides is 3. The lowest BCUT2D eigenvalue weighted by Gasteiger charge is -2.45. The van der Waals surface area contributed by atoms with Crippen molar-refractivity contribution in [2.75, 3.05) is 24.5 Å². The van der Waals surface area contributed by atoms with Gasteiger partial charge < -0.3 is 10.2 Å². The number of anilines is 1. The number of nitrogens with zero attached hydrogens (tertiary/aromatic N) is 4. The van der Waals surface area contributed by atoms with Crippen molar-refractivity contribution in [2.24, 2.45) is 0 Å². The van der Waals surface area contributed by atoms with Crippen molar-refractivity contribution in [1.82, 2.24) is 15.1 Å². The summed E-state index contributed by atoms with van der Waals surface area (Å²) in [5.41, 5.74) is 1.56. The Labute approximate surface area is 200 Å². The molecule has 0 bridgehead atoms. The molecule has 1 N–H and O–H groups in total. The zero-order valence-electron chi connectivity index (χ0n) is 19.2. The number of fused-ring (bicyclic) bond motifs is 1. The first-order chi connectivity index (χ1) is 16.7. The molecule has 3 amide bonds. The van der Waals surface area contributed by atoms with Crippen molar-refractivity contribution in [1.29, 1.82) is 5.26 Å². The van der Waals surface area contributed by atoms with E-state index in [2.05, 4.69) is 16.3 Å². The summed E-state index contributed by atoms with van der Waals surface area (Å²) in [6.07, 6.45) is 5.12. The maximum absolute atomic E-state index is 14.0. The fourth-order valence-electron chi connectivity index (χ4n) is 5.47. The van der Waals surface area contributed by atoms with E-state index in [-0.39, 0.29) is 29.8 Å². The van der Waals surface area contributed by atoms with E-state index in [1.165, 1.54) is 4.90 Å². The number of benzene rings is 2. The Morgan fingerprint density at radius 2 is 1.56 bits per heavy atom. The first-order valence-corrected chi connectivity index (χ1v) is 12.1. The van der Waals surface area contributed by atoms with Crippen molar-refractivity contribution < 1.29 is 9.59 Å². The van der Waals surface area contributed by atoms with Gasteiger partial charge in [-0.1, -0.05) is 42.8 Å². The lowest BCUT2D eigenvalue weighted by Crippen LogP contribution is -2.61. The quantitative estimate of drug-likeness (QED) is 0.753. The molecule has 2 aromatic rings. The molecule has 0 aliphatic carbocycles. The van der Waals surface area contributed by atoms with Crippen LogP contribution in [0.25, 0.3) is 0 Å². The molecule has 2 aromatic carbocycles. The highest BCUT2D eigenvalue weighted by atomic mass is 16.2. The van der Waals surface area contributed by atoms with Gasteiger partial charge in [-0.25, -0.2) is 9.69 Å². The van der Waals surface area contributed by atoms with Crippen molar-refractivity contribution >= 4 is 17.6 Å². The molecule has 0 saturated carbocycles. The van der Waals surface area contributed by atoms with E-state index < -0.39 is 0 Å². The van der Waals surface area contributed by atoms with Crippen LogP contribution in [0.1, 0.15) is 42.5 Å². The number of carbonyl (C=O) groups is 2. The third-order valence-electron chi connectivity index (χ3n) is 7.07. The smallest absolute Gasteiger partial charge is 0.315 e. The molecule has 7 nitrogen and oxygen atoms in total. The molecule has 7 heteroatoms. The highest BCUT2D eigenvalue weighted by Gasteiger charge is 2.47. The maximum atomic E-state index is 14.0. The predicted molar refractivity (Wildman–Crippen MR) is 130 cm³/mol. The van der Waals surface area contributed by atoms with Gasteiger partial charge in [0.15, 0.2) is 0 Å². The van der Waals surface area contributed by atoms with Crippen molar-refractivity contribution in [2.45, 2.75) is 44.2 Å². The number of para-hydroxylation sites is 1. The topological polar surface area (TPSA) is 79.7 Å². The number of hydrogen-bond donors (Lipinski definition) is 1. The van der Waals surface area contributed by atoms with Crippen LogP contribution in [-0.4, -0.2) is 53.5 Å². The van der Waals surface area contributed by atoms with E-state index >= 15 is 0 Å². The van der Waals surface area contributed by atoms with Crippen LogP contribution in [0, 0.1) is 11.3 Å². The van der Waals surface area contributed by atoms with E-state index in [1.807, 2.05) is 41.3 Å². The van der Waals surface area contributed by atoms with Gasteiger partial charge in [-0.15, -0.1) is 0 Å². The Morgan fingerprint density at radius 3 is 2.24 bits per heavy atom. The monoisotopic (exact) mass is 455 g/mol. The van der Waals surface area contributed by atoms with Gasteiger partial charge in [0.1, 0.15) is 11.9 Å². The number of nitriles is 1. The van der Waals surface area contributed by atoms with Crippen LogP contribution >= 0.6 is 0 Å². The summed E-state index contributed by atoms with van der Waals surface area (Å²) in [6.45, 7) is 2.56. The fraction of sp³-hybridized carbons (Fsp3) is 0.370. The average Bonchev–Trinajstić information content (AvgIpc) is 3.32. The molecular weight excluding hydrogens is 426 g/mol. The van der Waals surface area contributed by atoms with E-state index in [9.17, 15) is 14.9 Å². The molecule has 174 valence electrons. The molecular formula is C27H29N5O2. The summed E-state index contributed by atoms with van der Waals surface area (Å²) in [4.78, 5) is 33.0. The molecule has 3 aliphatic rings. The summed E-state index contributed by atoms with van der Waals surface area (Å²) in [5.74, 6) is -0.0585. The average molecular weight is 456 g/mol. The number of hydrogen-bond acceptors (Lipinski definition) is 4. The highest BCUT2D eigenvalue weighted by molar-refractivity contribution is 6.01. The number of nitrogens with one attached hydrogen (secondary N) is 1. The largest absolute Gasteiger partial charge is 0.330 e. The third kappa shape index (κ3) is 4.06.